The number of oxazole rings is 1. The second kappa shape index (κ2) is 4.96. The molecule has 0 amide bonds. The Kier molecular flexibility index (Phi) is 3.38. The maximum Gasteiger partial charge on any atom is 0.348 e. The summed E-state index contributed by atoms with van der Waals surface area (Å²) < 4.78 is 5.22. The maximum atomic E-state index is 10.8. The van der Waals surface area contributed by atoms with Gasteiger partial charge in [-0.2, -0.15) is 0 Å². The van der Waals surface area contributed by atoms with Crippen LogP contribution in [-0.4, -0.2) is 19.9 Å². The van der Waals surface area contributed by atoms with E-state index in [4.69, 9.17) is 16.0 Å². The van der Waals surface area contributed by atoms with Gasteiger partial charge < -0.3 is 9.73 Å². The number of halogens is 1. The molecule has 9 heteroatoms. The highest BCUT2D eigenvalue weighted by atomic mass is 35.5. The fourth-order valence-corrected chi connectivity index (χ4v) is 1.49. The number of nitro groups is 1. The number of anilines is 1. The predicted molar refractivity (Wildman–Crippen MR) is 62.3 cm³/mol. The summed E-state index contributed by atoms with van der Waals surface area (Å²) in [6, 6.07) is 0. The van der Waals surface area contributed by atoms with Crippen LogP contribution in [0.25, 0.3) is 0 Å². The van der Waals surface area contributed by atoms with E-state index in [9.17, 15) is 10.1 Å². The lowest BCUT2D eigenvalue weighted by atomic mass is 10.4. The summed E-state index contributed by atoms with van der Waals surface area (Å²) in [5.74, 6) is 1.08. The van der Waals surface area contributed by atoms with Crippen molar-refractivity contribution in [2.45, 2.75) is 13.5 Å². The van der Waals surface area contributed by atoms with Crippen molar-refractivity contribution in [1.82, 2.24) is 15.0 Å². The smallest absolute Gasteiger partial charge is 0.348 e. The van der Waals surface area contributed by atoms with Crippen molar-refractivity contribution < 1.29 is 9.34 Å². The molecule has 0 aliphatic rings. The molecular formula is C9H8ClN5O3. The van der Waals surface area contributed by atoms with Gasteiger partial charge in [0.15, 0.2) is 0 Å². The van der Waals surface area contributed by atoms with Crippen molar-refractivity contribution in [3.8, 4) is 0 Å². The molecule has 94 valence electrons. The molecule has 0 bridgehead atoms. The molecule has 0 aromatic carbocycles. The van der Waals surface area contributed by atoms with Gasteiger partial charge >= 0.3 is 5.69 Å². The first kappa shape index (κ1) is 12.2. The minimum Gasteiger partial charge on any atom is -0.444 e. The van der Waals surface area contributed by atoms with E-state index < -0.39 is 4.92 Å². The average molecular weight is 270 g/mol. The molecule has 2 rings (SSSR count). The molecule has 0 spiro atoms. The molecule has 2 aromatic rings. The van der Waals surface area contributed by atoms with Gasteiger partial charge in [-0.1, -0.05) is 11.6 Å². The van der Waals surface area contributed by atoms with Gasteiger partial charge in [0, 0.05) is 0 Å². The lowest BCUT2D eigenvalue weighted by Crippen LogP contribution is -2.06. The van der Waals surface area contributed by atoms with E-state index in [0.717, 1.165) is 6.33 Å². The molecule has 1 N–H and O–H groups in total. The molecule has 0 saturated carbocycles. The third kappa shape index (κ3) is 2.54. The molecule has 8 nitrogen and oxygen atoms in total. The van der Waals surface area contributed by atoms with E-state index in [-0.39, 0.29) is 23.2 Å². The largest absolute Gasteiger partial charge is 0.444 e. The van der Waals surface area contributed by atoms with Gasteiger partial charge in [0.1, 0.15) is 12.1 Å². The number of aryl methyl sites for hydroxylation is 1. The van der Waals surface area contributed by atoms with Crippen LogP contribution in [-0.2, 0) is 6.54 Å². The van der Waals surface area contributed by atoms with Crippen LogP contribution in [0.15, 0.2) is 16.9 Å². The summed E-state index contributed by atoms with van der Waals surface area (Å²) >= 11 is 5.64. The van der Waals surface area contributed by atoms with Crippen LogP contribution in [0.4, 0.5) is 11.5 Å². The average Bonchev–Trinajstić information content (AvgIpc) is 2.72. The van der Waals surface area contributed by atoms with Crippen molar-refractivity contribution in [2.24, 2.45) is 0 Å². The van der Waals surface area contributed by atoms with Crippen LogP contribution in [0.3, 0.4) is 0 Å². The van der Waals surface area contributed by atoms with Crippen LogP contribution in [0, 0.1) is 17.0 Å². The number of hydrogen-bond acceptors (Lipinski definition) is 7. The van der Waals surface area contributed by atoms with Gasteiger partial charge in [-0.15, -0.1) is 0 Å². The minimum absolute atomic E-state index is 0.0239. The number of nitrogens with zero attached hydrogens (tertiary/aromatic N) is 4. The molecular weight excluding hydrogens is 262 g/mol. The van der Waals surface area contributed by atoms with Crippen LogP contribution in [0.2, 0.25) is 5.15 Å². The summed E-state index contributed by atoms with van der Waals surface area (Å²) in [7, 11) is 0. The number of hydrogen-bond donors (Lipinski definition) is 1. The Bertz CT molecular complexity index is 585. The highest BCUT2D eigenvalue weighted by Crippen LogP contribution is 2.28. The normalized spacial score (nSPS) is 10.3. The van der Waals surface area contributed by atoms with Gasteiger partial charge in [0.05, 0.1) is 17.7 Å². The summed E-state index contributed by atoms with van der Waals surface area (Å²) in [5, 5.41) is 13.3. The highest BCUT2D eigenvalue weighted by molar-refractivity contribution is 6.31. The zero-order valence-corrected chi connectivity index (χ0v) is 10.0. The fourth-order valence-electron chi connectivity index (χ4n) is 1.29. The van der Waals surface area contributed by atoms with Crippen molar-refractivity contribution >= 4 is 23.1 Å². The van der Waals surface area contributed by atoms with E-state index in [1.807, 2.05) is 0 Å². The Morgan fingerprint density at radius 1 is 1.50 bits per heavy atom. The molecule has 0 fully saturated rings. The number of aromatic nitrogens is 3. The van der Waals surface area contributed by atoms with Gasteiger partial charge in [0.25, 0.3) is 0 Å². The van der Waals surface area contributed by atoms with Crippen LogP contribution in [0.1, 0.15) is 11.7 Å². The first-order chi connectivity index (χ1) is 8.58. The first-order valence-corrected chi connectivity index (χ1v) is 5.26. The van der Waals surface area contributed by atoms with E-state index in [1.54, 1.807) is 13.1 Å². The SMILES string of the molecule is Cc1cnc(CNc2ncnc(Cl)c2[N+](=O)[O-])o1. The van der Waals surface area contributed by atoms with Crippen molar-refractivity contribution in [3.05, 3.63) is 39.4 Å². The van der Waals surface area contributed by atoms with Crippen molar-refractivity contribution in [3.63, 3.8) is 0 Å². The quantitative estimate of drug-likeness (QED) is 0.513. The molecule has 2 heterocycles. The molecule has 0 atom stereocenters. The summed E-state index contributed by atoms with van der Waals surface area (Å²) in [6.45, 7) is 1.92. The van der Waals surface area contributed by atoms with Crippen LogP contribution >= 0.6 is 11.6 Å². The lowest BCUT2D eigenvalue weighted by Gasteiger charge is -2.03. The topological polar surface area (TPSA) is 107 Å². The van der Waals surface area contributed by atoms with Crippen molar-refractivity contribution in [2.75, 3.05) is 5.32 Å². The predicted octanol–water partition coefficient (Wildman–Crippen LogP) is 1.95. The molecule has 2 aromatic heterocycles. The molecule has 0 saturated heterocycles. The zero-order valence-electron chi connectivity index (χ0n) is 9.25. The molecule has 0 aliphatic carbocycles. The molecule has 18 heavy (non-hydrogen) atoms. The van der Waals surface area contributed by atoms with E-state index in [1.165, 1.54) is 0 Å². The van der Waals surface area contributed by atoms with Gasteiger partial charge in [0.2, 0.25) is 16.9 Å². The Labute approximate surface area is 106 Å². The van der Waals surface area contributed by atoms with Gasteiger partial charge in [-0.25, -0.2) is 15.0 Å². The second-order valence-corrected chi connectivity index (χ2v) is 3.70. The molecule has 0 radical (unpaired) electrons. The van der Waals surface area contributed by atoms with E-state index in [0.29, 0.717) is 11.7 Å². The Morgan fingerprint density at radius 2 is 2.28 bits per heavy atom. The lowest BCUT2D eigenvalue weighted by molar-refractivity contribution is -0.384. The maximum absolute atomic E-state index is 10.8. The molecule has 0 unspecified atom stereocenters. The minimum atomic E-state index is -0.647. The standard InChI is InChI=1S/C9H8ClN5O3/c1-5-2-11-6(18-5)3-12-9-7(15(16)17)8(10)13-4-14-9/h2,4H,3H2,1H3,(H,12,13,14). The summed E-state index contributed by atoms with van der Waals surface area (Å²) in [5.41, 5.74) is -0.373. The van der Waals surface area contributed by atoms with Crippen LogP contribution < -0.4 is 5.32 Å². The third-order valence-electron chi connectivity index (χ3n) is 2.04. The fraction of sp³-hybridized carbons (Fsp3) is 0.222. The zero-order chi connectivity index (χ0) is 13.1. The third-order valence-corrected chi connectivity index (χ3v) is 2.31. The summed E-state index contributed by atoms with van der Waals surface area (Å²) in [4.78, 5) is 21.4. The van der Waals surface area contributed by atoms with Gasteiger partial charge in [-0.05, 0) is 6.92 Å². The monoisotopic (exact) mass is 269 g/mol. The first-order valence-electron chi connectivity index (χ1n) is 4.88. The second-order valence-electron chi connectivity index (χ2n) is 3.34. The van der Waals surface area contributed by atoms with E-state index >= 15 is 0 Å². The number of rotatable bonds is 4. The Balaban J connectivity index is 2.19. The highest BCUT2D eigenvalue weighted by Gasteiger charge is 2.21. The van der Waals surface area contributed by atoms with Gasteiger partial charge in [-0.3, -0.25) is 10.1 Å². The molecule has 0 aliphatic heterocycles. The Hall–Kier alpha value is -2.22. The van der Waals surface area contributed by atoms with Crippen LogP contribution in [0.5, 0.6) is 0 Å². The van der Waals surface area contributed by atoms with Crippen molar-refractivity contribution in [1.29, 1.82) is 0 Å². The number of nitrogens with one attached hydrogen (secondary N) is 1. The summed E-state index contributed by atoms with van der Waals surface area (Å²) in [6.07, 6.45) is 2.69. The van der Waals surface area contributed by atoms with E-state index in [2.05, 4.69) is 20.3 Å². The Morgan fingerprint density at radius 3 is 2.89 bits per heavy atom.